The van der Waals surface area contributed by atoms with Crippen molar-refractivity contribution in [2.75, 3.05) is 19.8 Å². The summed E-state index contributed by atoms with van der Waals surface area (Å²) in [6.07, 6.45) is 30.7. The molecule has 0 radical (unpaired) electrons. The van der Waals surface area contributed by atoms with Gasteiger partial charge in [0.1, 0.15) is 12.6 Å². The second-order valence-electron chi connectivity index (χ2n) is 12.4. The van der Waals surface area contributed by atoms with Crippen LogP contribution in [-0.2, 0) is 32.7 Å². The molecule has 0 aliphatic heterocycles. The second kappa shape index (κ2) is 32.1. The largest absolute Gasteiger partial charge is 0.498 e. The molecule has 0 saturated heterocycles. The van der Waals surface area contributed by atoms with Crippen molar-refractivity contribution in [2.45, 2.75) is 180 Å². The SMILES string of the molecule is CCCCCCCCCCCCCC/C=C\OC[C@H](COP(=O)(O)OC[C@H](N)C(=O)O)OC(=O)CCCCCCCCCCCC. The minimum atomic E-state index is -4.61. The van der Waals surface area contributed by atoms with Gasteiger partial charge in [-0.2, -0.15) is 0 Å². The molecule has 0 fully saturated rings. The van der Waals surface area contributed by atoms with E-state index in [0.717, 1.165) is 32.1 Å². The highest BCUT2D eigenvalue weighted by molar-refractivity contribution is 7.47. The van der Waals surface area contributed by atoms with Gasteiger partial charge in [0.2, 0.25) is 0 Å². The van der Waals surface area contributed by atoms with E-state index in [4.69, 9.17) is 24.8 Å². The molecule has 11 heteroatoms. The molecule has 0 aromatic carbocycles. The van der Waals surface area contributed by atoms with Gasteiger partial charge >= 0.3 is 19.8 Å². The van der Waals surface area contributed by atoms with Crippen LogP contribution in [0.2, 0.25) is 0 Å². The predicted octanol–water partition coefficient (Wildman–Crippen LogP) is 9.38. The fourth-order valence-corrected chi connectivity index (χ4v) is 5.76. The molecule has 0 aliphatic carbocycles. The molecule has 0 aromatic rings. The first-order valence-electron chi connectivity index (χ1n) is 18.3. The highest BCUT2D eigenvalue weighted by Crippen LogP contribution is 2.43. The Hall–Kier alpha value is -1.45. The fourth-order valence-electron chi connectivity index (χ4n) is 4.98. The molecular formula is C35H68NO9P. The number of allylic oxidation sites excluding steroid dienone is 1. The monoisotopic (exact) mass is 677 g/mol. The number of carbonyl (C=O) groups is 2. The molecule has 0 saturated carbocycles. The summed E-state index contributed by atoms with van der Waals surface area (Å²) < 4.78 is 32.9. The molecule has 272 valence electrons. The number of nitrogens with two attached hydrogens (primary N) is 1. The Kier molecular flexibility index (Phi) is 31.1. The van der Waals surface area contributed by atoms with Crippen LogP contribution in [0, 0.1) is 0 Å². The maximum absolute atomic E-state index is 12.5. The molecule has 0 rings (SSSR count). The summed E-state index contributed by atoms with van der Waals surface area (Å²) in [6, 6.07) is -1.47. The number of carboxylic acids is 1. The third kappa shape index (κ3) is 31.2. The van der Waals surface area contributed by atoms with Crippen LogP contribution in [0.3, 0.4) is 0 Å². The first-order chi connectivity index (χ1) is 22.2. The van der Waals surface area contributed by atoms with Gasteiger partial charge in [0.25, 0.3) is 0 Å². The van der Waals surface area contributed by atoms with Crippen LogP contribution < -0.4 is 5.73 Å². The number of rotatable bonds is 35. The maximum atomic E-state index is 12.5. The van der Waals surface area contributed by atoms with Crippen LogP contribution in [0.5, 0.6) is 0 Å². The molecule has 0 amide bonds. The number of esters is 1. The molecule has 3 atom stereocenters. The number of ether oxygens (including phenoxy) is 2. The Morgan fingerprint density at radius 3 is 1.59 bits per heavy atom. The van der Waals surface area contributed by atoms with E-state index >= 15 is 0 Å². The second-order valence-corrected chi connectivity index (χ2v) is 13.9. The van der Waals surface area contributed by atoms with Crippen molar-refractivity contribution in [1.82, 2.24) is 0 Å². The molecule has 0 aliphatic rings. The Bertz CT molecular complexity index is 796. The van der Waals surface area contributed by atoms with E-state index in [0.29, 0.717) is 6.42 Å². The number of carboxylic acid groups (broad SMARTS) is 1. The topological polar surface area (TPSA) is 155 Å². The van der Waals surface area contributed by atoms with Crippen molar-refractivity contribution in [1.29, 1.82) is 0 Å². The van der Waals surface area contributed by atoms with Gasteiger partial charge in [0, 0.05) is 6.42 Å². The summed E-state index contributed by atoms with van der Waals surface area (Å²) in [6.45, 7) is 3.25. The van der Waals surface area contributed by atoms with Gasteiger partial charge in [0.15, 0.2) is 6.10 Å². The molecule has 0 heterocycles. The molecule has 4 N–H and O–H groups in total. The van der Waals surface area contributed by atoms with E-state index in [2.05, 4.69) is 18.4 Å². The first-order valence-corrected chi connectivity index (χ1v) is 19.8. The number of aliphatic carboxylic acids is 1. The van der Waals surface area contributed by atoms with Crippen molar-refractivity contribution in [3.8, 4) is 0 Å². The van der Waals surface area contributed by atoms with E-state index in [9.17, 15) is 19.0 Å². The standard InChI is InChI=1S/C35H68NO9P/c1-3-5-7-9-11-13-15-16-17-18-20-22-24-26-28-42-29-32(30-43-46(40,41)44-31-33(36)35(38)39)45-34(37)27-25-23-21-19-14-12-10-8-6-4-2/h26,28,32-33H,3-25,27,29-31,36H2,1-2H3,(H,38,39)(H,40,41)/b28-26-/t32-,33+/m1/s1. The third-order valence-corrected chi connectivity index (χ3v) is 8.84. The van der Waals surface area contributed by atoms with Gasteiger partial charge in [0.05, 0.1) is 19.5 Å². The maximum Gasteiger partial charge on any atom is 0.472 e. The third-order valence-electron chi connectivity index (χ3n) is 7.89. The van der Waals surface area contributed by atoms with E-state index in [1.54, 1.807) is 6.26 Å². The number of unbranched alkanes of at least 4 members (excludes halogenated alkanes) is 21. The van der Waals surface area contributed by atoms with Crippen LogP contribution in [0.15, 0.2) is 12.3 Å². The van der Waals surface area contributed by atoms with Crippen LogP contribution in [-0.4, -0.2) is 53.9 Å². The van der Waals surface area contributed by atoms with E-state index in [1.165, 1.54) is 109 Å². The molecule has 0 aromatic heterocycles. The Balaban J connectivity index is 4.36. The Labute approximate surface area is 280 Å². The average Bonchev–Trinajstić information content (AvgIpc) is 3.03. The van der Waals surface area contributed by atoms with Crippen molar-refractivity contribution in [3.05, 3.63) is 12.3 Å². The van der Waals surface area contributed by atoms with Gasteiger partial charge < -0.3 is 25.2 Å². The van der Waals surface area contributed by atoms with Gasteiger partial charge in [-0.3, -0.25) is 18.6 Å². The summed E-state index contributed by atoms with van der Waals surface area (Å²) in [5.41, 5.74) is 5.32. The van der Waals surface area contributed by atoms with Gasteiger partial charge in [-0.25, -0.2) is 4.57 Å². The number of carbonyl (C=O) groups excluding carboxylic acids is 1. The lowest BCUT2D eigenvalue weighted by molar-refractivity contribution is -0.153. The summed E-state index contributed by atoms with van der Waals surface area (Å²) in [5.74, 6) is -1.80. The van der Waals surface area contributed by atoms with Crippen molar-refractivity contribution in [2.24, 2.45) is 5.73 Å². The molecule has 1 unspecified atom stereocenters. The van der Waals surface area contributed by atoms with E-state index in [-0.39, 0.29) is 13.0 Å². The molecule has 0 bridgehead atoms. The lowest BCUT2D eigenvalue weighted by atomic mass is 10.0. The fraction of sp³-hybridized carbons (Fsp3) is 0.886. The first kappa shape index (κ1) is 44.5. The molecule has 10 nitrogen and oxygen atoms in total. The highest BCUT2D eigenvalue weighted by atomic mass is 31.2. The minimum Gasteiger partial charge on any atom is -0.498 e. The van der Waals surface area contributed by atoms with Gasteiger partial charge in [-0.15, -0.1) is 0 Å². The number of hydrogen-bond donors (Lipinski definition) is 3. The number of hydrogen-bond acceptors (Lipinski definition) is 8. The van der Waals surface area contributed by atoms with Gasteiger partial charge in [-0.05, 0) is 25.3 Å². The summed E-state index contributed by atoms with van der Waals surface area (Å²) in [4.78, 5) is 33.2. The van der Waals surface area contributed by atoms with Crippen LogP contribution in [0.25, 0.3) is 0 Å². The quantitative estimate of drug-likeness (QED) is 0.0256. The zero-order valence-corrected chi connectivity index (χ0v) is 30.1. The average molecular weight is 678 g/mol. The van der Waals surface area contributed by atoms with Crippen LogP contribution >= 0.6 is 7.82 Å². The van der Waals surface area contributed by atoms with Crippen molar-refractivity contribution < 1.29 is 42.7 Å². The number of phosphoric ester groups is 1. The molecule has 46 heavy (non-hydrogen) atoms. The predicted molar refractivity (Wildman–Crippen MR) is 184 cm³/mol. The zero-order chi connectivity index (χ0) is 34.1. The lowest BCUT2D eigenvalue weighted by Gasteiger charge is -2.20. The molecule has 0 spiro atoms. The zero-order valence-electron chi connectivity index (χ0n) is 29.2. The summed E-state index contributed by atoms with van der Waals surface area (Å²) >= 11 is 0. The van der Waals surface area contributed by atoms with Gasteiger partial charge in [-0.1, -0.05) is 142 Å². The lowest BCUT2D eigenvalue weighted by Crippen LogP contribution is -2.34. The molecular weight excluding hydrogens is 609 g/mol. The normalized spacial score (nSPS) is 14.3. The Morgan fingerprint density at radius 2 is 1.11 bits per heavy atom. The van der Waals surface area contributed by atoms with Crippen LogP contribution in [0.1, 0.15) is 168 Å². The van der Waals surface area contributed by atoms with Crippen molar-refractivity contribution >= 4 is 19.8 Å². The summed E-state index contributed by atoms with van der Waals surface area (Å²) in [7, 11) is -4.61. The number of phosphoric acid groups is 1. The van der Waals surface area contributed by atoms with Crippen molar-refractivity contribution in [3.63, 3.8) is 0 Å². The van der Waals surface area contributed by atoms with E-state index in [1.807, 2.05) is 6.08 Å². The smallest absolute Gasteiger partial charge is 0.472 e. The summed E-state index contributed by atoms with van der Waals surface area (Å²) in [5, 5.41) is 8.84. The highest BCUT2D eigenvalue weighted by Gasteiger charge is 2.27. The van der Waals surface area contributed by atoms with E-state index < -0.39 is 45.1 Å². The Morgan fingerprint density at radius 1 is 0.674 bits per heavy atom. The van der Waals surface area contributed by atoms with Crippen LogP contribution in [0.4, 0.5) is 0 Å². The minimum absolute atomic E-state index is 0.0621.